The second-order valence-electron chi connectivity index (χ2n) is 4.46. The molecule has 0 atom stereocenters. The molecule has 0 aliphatic heterocycles. The van der Waals surface area contributed by atoms with E-state index < -0.39 is 0 Å². The van der Waals surface area contributed by atoms with Gasteiger partial charge in [0.2, 0.25) is 0 Å². The molecule has 0 saturated carbocycles. The molecule has 3 heteroatoms. The number of aromatic nitrogens is 1. The lowest BCUT2D eigenvalue weighted by atomic mass is 10.2. The van der Waals surface area contributed by atoms with E-state index >= 15 is 0 Å². The number of benzene rings is 1. The van der Waals surface area contributed by atoms with Gasteiger partial charge in [-0.1, -0.05) is 23.8 Å². The first-order valence-corrected chi connectivity index (χ1v) is 6.97. The summed E-state index contributed by atoms with van der Waals surface area (Å²) >= 11 is 1.56. The highest BCUT2D eigenvalue weighted by atomic mass is 32.1. The smallest absolute Gasteiger partial charge is 0.117 e. The number of hydrogen-bond donors (Lipinski definition) is 1. The molecule has 0 radical (unpaired) electrons. The van der Waals surface area contributed by atoms with Gasteiger partial charge in [0, 0.05) is 11.9 Å². The Labute approximate surface area is 106 Å². The second kappa shape index (κ2) is 4.88. The number of hydrogen-bond acceptors (Lipinski definition) is 3. The lowest BCUT2D eigenvalue weighted by molar-refractivity contribution is 0.864. The van der Waals surface area contributed by atoms with Crippen molar-refractivity contribution < 1.29 is 0 Å². The molecule has 0 saturated heterocycles. The molecule has 0 amide bonds. The van der Waals surface area contributed by atoms with Crippen molar-refractivity contribution in [3.05, 3.63) is 35.9 Å². The highest BCUT2D eigenvalue weighted by molar-refractivity contribution is 7.11. The van der Waals surface area contributed by atoms with Crippen LogP contribution in [0.5, 0.6) is 0 Å². The topological polar surface area (TPSA) is 24.9 Å². The fraction of sp³-hybridized carbons (Fsp3) is 0.357. The van der Waals surface area contributed by atoms with Gasteiger partial charge in [-0.25, -0.2) is 0 Å². The van der Waals surface area contributed by atoms with Gasteiger partial charge in [-0.05, 0) is 49.3 Å². The molecule has 0 fully saturated rings. The van der Waals surface area contributed by atoms with E-state index in [1.165, 1.54) is 36.1 Å². The van der Waals surface area contributed by atoms with E-state index in [2.05, 4.69) is 34.0 Å². The largest absolute Gasteiger partial charge is 0.375 e. The third-order valence-electron chi connectivity index (χ3n) is 3.25. The molecule has 1 aromatic carbocycles. The summed E-state index contributed by atoms with van der Waals surface area (Å²) in [6.45, 7) is 1.03. The van der Waals surface area contributed by atoms with Crippen LogP contribution in [0.2, 0.25) is 0 Å². The predicted octanol–water partition coefficient (Wildman–Crippen LogP) is 4.21. The zero-order valence-corrected chi connectivity index (χ0v) is 10.6. The van der Waals surface area contributed by atoms with Crippen molar-refractivity contribution in [3.63, 3.8) is 0 Å². The predicted molar refractivity (Wildman–Crippen MR) is 74.7 cm³/mol. The summed E-state index contributed by atoms with van der Waals surface area (Å²) in [6, 6.07) is 8.31. The van der Waals surface area contributed by atoms with Crippen LogP contribution < -0.4 is 5.32 Å². The minimum absolute atomic E-state index is 1.03. The molecular formula is C14H16N2S. The Kier molecular flexibility index (Phi) is 3.10. The van der Waals surface area contributed by atoms with Crippen LogP contribution in [-0.2, 0) is 0 Å². The molecule has 3 rings (SSSR count). The number of anilines is 1. The van der Waals surface area contributed by atoms with Gasteiger partial charge in [-0.2, -0.15) is 4.37 Å². The van der Waals surface area contributed by atoms with Crippen molar-refractivity contribution in [2.24, 2.45) is 0 Å². The van der Waals surface area contributed by atoms with Crippen molar-refractivity contribution in [2.75, 3.05) is 11.9 Å². The highest BCUT2D eigenvalue weighted by Crippen LogP contribution is 2.27. The van der Waals surface area contributed by atoms with Crippen LogP contribution in [0.25, 0.3) is 10.9 Å². The molecule has 0 spiro atoms. The summed E-state index contributed by atoms with van der Waals surface area (Å²) in [5.41, 5.74) is 2.71. The van der Waals surface area contributed by atoms with E-state index in [0.717, 1.165) is 12.1 Å². The summed E-state index contributed by atoms with van der Waals surface area (Å²) in [7, 11) is 0. The summed E-state index contributed by atoms with van der Waals surface area (Å²) in [4.78, 5) is 0. The summed E-state index contributed by atoms with van der Waals surface area (Å²) in [5, 5.41) is 5.97. The molecule has 0 unspecified atom stereocenters. The van der Waals surface area contributed by atoms with Gasteiger partial charge >= 0.3 is 0 Å². The van der Waals surface area contributed by atoms with Crippen LogP contribution in [0.3, 0.4) is 0 Å². The molecule has 0 bridgehead atoms. The lowest BCUT2D eigenvalue weighted by Crippen LogP contribution is -2.00. The molecule has 1 heterocycles. The number of allylic oxidation sites excluding steroid dienone is 1. The molecular weight excluding hydrogens is 228 g/mol. The van der Waals surface area contributed by atoms with E-state index in [1.54, 1.807) is 17.1 Å². The summed E-state index contributed by atoms with van der Waals surface area (Å²) < 4.78 is 4.43. The third kappa shape index (κ3) is 2.34. The number of nitrogens with zero attached hydrogens (tertiary/aromatic N) is 1. The minimum atomic E-state index is 1.03. The Hall–Kier alpha value is -1.35. The normalized spacial score (nSPS) is 15.2. The van der Waals surface area contributed by atoms with E-state index in [-0.39, 0.29) is 0 Å². The van der Waals surface area contributed by atoms with Gasteiger partial charge in [-0.15, -0.1) is 0 Å². The van der Waals surface area contributed by atoms with Crippen molar-refractivity contribution in [3.8, 4) is 0 Å². The number of rotatable bonds is 4. The molecule has 1 aliphatic rings. The Balaban J connectivity index is 1.64. The van der Waals surface area contributed by atoms with Crippen LogP contribution >= 0.6 is 11.5 Å². The van der Waals surface area contributed by atoms with E-state index in [0.29, 0.717) is 0 Å². The first kappa shape index (κ1) is 10.8. The lowest BCUT2D eigenvalue weighted by Gasteiger charge is -2.04. The Morgan fingerprint density at radius 2 is 2.24 bits per heavy atom. The summed E-state index contributed by atoms with van der Waals surface area (Å²) in [6.07, 6.45) is 7.49. The zero-order chi connectivity index (χ0) is 11.5. The van der Waals surface area contributed by atoms with Crippen molar-refractivity contribution in [1.82, 2.24) is 4.37 Å². The van der Waals surface area contributed by atoms with Crippen LogP contribution in [0.1, 0.15) is 25.7 Å². The van der Waals surface area contributed by atoms with Gasteiger partial charge in [0.1, 0.15) is 5.00 Å². The van der Waals surface area contributed by atoms with E-state index in [1.807, 2.05) is 6.07 Å². The zero-order valence-electron chi connectivity index (χ0n) is 9.78. The van der Waals surface area contributed by atoms with Crippen molar-refractivity contribution in [2.45, 2.75) is 25.7 Å². The second-order valence-corrected chi connectivity index (χ2v) is 5.23. The van der Waals surface area contributed by atoms with Gasteiger partial charge < -0.3 is 5.32 Å². The van der Waals surface area contributed by atoms with Gasteiger partial charge in [-0.3, -0.25) is 0 Å². The Morgan fingerprint density at radius 3 is 3.12 bits per heavy atom. The maximum Gasteiger partial charge on any atom is 0.117 e. The molecule has 17 heavy (non-hydrogen) atoms. The standard InChI is InChI=1S/C14H16N2S/c1-2-6-11(5-1)9-10-15-14-12-7-3-4-8-13(12)16-17-14/h3-5,7-8,15H,1-2,6,9-10H2. The van der Waals surface area contributed by atoms with E-state index in [9.17, 15) is 0 Å². The maximum absolute atomic E-state index is 4.43. The average Bonchev–Trinajstić information content (AvgIpc) is 2.99. The maximum atomic E-state index is 4.43. The number of fused-ring (bicyclic) bond motifs is 1. The first-order chi connectivity index (χ1) is 8.43. The van der Waals surface area contributed by atoms with Gasteiger partial charge in [0.05, 0.1) is 5.52 Å². The van der Waals surface area contributed by atoms with Crippen LogP contribution in [-0.4, -0.2) is 10.9 Å². The van der Waals surface area contributed by atoms with Crippen molar-refractivity contribution >= 4 is 27.4 Å². The van der Waals surface area contributed by atoms with Crippen LogP contribution in [0.15, 0.2) is 35.9 Å². The Morgan fingerprint density at radius 1 is 1.29 bits per heavy atom. The van der Waals surface area contributed by atoms with E-state index in [4.69, 9.17) is 0 Å². The first-order valence-electron chi connectivity index (χ1n) is 6.20. The molecule has 1 aromatic heterocycles. The average molecular weight is 244 g/mol. The molecule has 1 N–H and O–H groups in total. The minimum Gasteiger partial charge on any atom is -0.375 e. The SMILES string of the molecule is C1=C(CCNc2snc3ccccc23)CCC1. The molecule has 88 valence electrons. The molecule has 2 aromatic rings. The summed E-state index contributed by atoms with van der Waals surface area (Å²) in [5.74, 6) is 0. The fourth-order valence-electron chi connectivity index (χ4n) is 2.32. The van der Waals surface area contributed by atoms with Crippen LogP contribution in [0, 0.1) is 0 Å². The quantitative estimate of drug-likeness (QED) is 0.815. The monoisotopic (exact) mass is 244 g/mol. The molecule has 1 aliphatic carbocycles. The van der Waals surface area contributed by atoms with Crippen LogP contribution in [0.4, 0.5) is 5.00 Å². The Bertz CT molecular complexity index is 542. The van der Waals surface area contributed by atoms with Gasteiger partial charge in [0.15, 0.2) is 0 Å². The highest BCUT2D eigenvalue weighted by Gasteiger charge is 2.06. The fourth-order valence-corrected chi connectivity index (χ4v) is 3.10. The van der Waals surface area contributed by atoms with Gasteiger partial charge in [0.25, 0.3) is 0 Å². The number of nitrogens with one attached hydrogen (secondary N) is 1. The molecule has 2 nitrogen and oxygen atoms in total. The third-order valence-corrected chi connectivity index (χ3v) is 4.09. The van der Waals surface area contributed by atoms with Crippen molar-refractivity contribution in [1.29, 1.82) is 0 Å².